The molecule has 4 rings (SSSR count). The fourth-order valence-corrected chi connectivity index (χ4v) is 5.27. The lowest BCUT2D eigenvalue weighted by Gasteiger charge is -2.41. The molecule has 0 heterocycles. The molecule has 0 spiro atoms. The van der Waals surface area contributed by atoms with E-state index in [1.165, 1.54) is 37.7 Å². The molecule has 0 saturated heterocycles. The maximum atomic E-state index is 4.12. The first-order valence-corrected chi connectivity index (χ1v) is 8.83. The van der Waals surface area contributed by atoms with Crippen LogP contribution in [0.25, 0.3) is 0 Å². The fourth-order valence-electron chi connectivity index (χ4n) is 5.27. The molecule has 0 amide bonds. The molecule has 1 nitrogen and oxygen atoms in total. The van der Waals surface area contributed by atoms with Gasteiger partial charge in [0.1, 0.15) is 0 Å². The molecule has 0 aromatic heterocycles. The minimum absolute atomic E-state index is 0.486. The van der Waals surface area contributed by atoms with Crippen molar-refractivity contribution in [1.29, 1.82) is 0 Å². The van der Waals surface area contributed by atoms with Crippen LogP contribution in [-0.4, -0.2) is 6.04 Å². The number of rotatable bonds is 4. The number of nitrogens with one attached hydrogen (secondary N) is 1. The highest BCUT2D eigenvalue weighted by Gasteiger charge is 2.61. The molecule has 0 aliphatic heterocycles. The zero-order valence-corrected chi connectivity index (χ0v) is 13.7. The van der Waals surface area contributed by atoms with E-state index < -0.39 is 0 Å². The van der Waals surface area contributed by atoms with Crippen molar-refractivity contribution in [3.8, 4) is 0 Å². The summed E-state index contributed by atoms with van der Waals surface area (Å²) < 4.78 is 0. The third kappa shape index (κ3) is 2.00. The Labute approximate surface area is 129 Å². The predicted molar refractivity (Wildman–Crippen MR) is 88.1 cm³/mol. The van der Waals surface area contributed by atoms with Crippen LogP contribution in [0.1, 0.15) is 64.5 Å². The summed E-state index contributed by atoms with van der Waals surface area (Å²) in [6.07, 6.45) is 7.06. The largest absolute Gasteiger partial charge is 0.306 e. The van der Waals surface area contributed by atoms with Crippen molar-refractivity contribution in [3.63, 3.8) is 0 Å². The van der Waals surface area contributed by atoms with Gasteiger partial charge in [0.2, 0.25) is 0 Å². The summed E-state index contributed by atoms with van der Waals surface area (Å²) in [5.41, 5.74) is 2.50. The van der Waals surface area contributed by atoms with Crippen molar-refractivity contribution < 1.29 is 0 Å². The Hall–Kier alpha value is -0.820. The van der Waals surface area contributed by atoms with Crippen molar-refractivity contribution >= 4 is 0 Å². The van der Waals surface area contributed by atoms with Crippen LogP contribution in [0.5, 0.6) is 0 Å². The molecule has 1 aromatic rings. The van der Waals surface area contributed by atoms with Gasteiger partial charge in [0.05, 0.1) is 0 Å². The maximum absolute atomic E-state index is 4.12. The normalized spacial score (nSPS) is 38.6. The third-order valence-corrected chi connectivity index (χ3v) is 7.43. The monoisotopic (exact) mass is 283 g/mol. The Bertz CT molecular complexity index is 516. The molecule has 3 aliphatic rings. The lowest BCUT2D eigenvalue weighted by molar-refractivity contribution is 0.113. The minimum atomic E-state index is 0.486. The second-order valence-corrected chi connectivity index (χ2v) is 8.56. The van der Waals surface area contributed by atoms with E-state index >= 15 is 0 Å². The minimum Gasteiger partial charge on any atom is -0.306 e. The summed E-state index contributed by atoms with van der Waals surface area (Å²) in [7, 11) is 0. The smallest absolute Gasteiger partial charge is 0.0351 e. The molecule has 4 atom stereocenters. The Morgan fingerprint density at radius 1 is 1.05 bits per heavy atom. The van der Waals surface area contributed by atoms with Gasteiger partial charge in [0, 0.05) is 12.1 Å². The van der Waals surface area contributed by atoms with E-state index in [0.717, 1.165) is 11.8 Å². The van der Waals surface area contributed by atoms with Crippen LogP contribution in [0, 0.1) is 22.7 Å². The predicted octanol–water partition coefficient (Wildman–Crippen LogP) is 4.94. The number of hydrogen-bond acceptors (Lipinski definition) is 1. The molecule has 3 aliphatic carbocycles. The topological polar surface area (TPSA) is 12.0 Å². The Morgan fingerprint density at radius 3 is 2.29 bits per heavy atom. The van der Waals surface area contributed by atoms with E-state index in [2.05, 4.69) is 56.4 Å². The van der Waals surface area contributed by atoms with E-state index in [1.54, 1.807) is 0 Å². The van der Waals surface area contributed by atoms with Crippen LogP contribution < -0.4 is 5.32 Å². The molecule has 1 aromatic carbocycles. The SMILES string of the molecule is CC1(C)C2CCC1(C)C(NC(c1ccccc1)C1CC1)C2. The molecule has 114 valence electrons. The molecule has 3 fully saturated rings. The molecular formula is C20H29N. The lowest BCUT2D eigenvalue weighted by atomic mass is 9.69. The van der Waals surface area contributed by atoms with E-state index in [9.17, 15) is 0 Å². The lowest BCUT2D eigenvalue weighted by Crippen LogP contribution is -2.46. The zero-order valence-electron chi connectivity index (χ0n) is 13.7. The number of fused-ring (bicyclic) bond motifs is 2. The molecule has 1 heteroatoms. The van der Waals surface area contributed by atoms with Gasteiger partial charge in [-0.15, -0.1) is 0 Å². The summed E-state index contributed by atoms with van der Waals surface area (Å²) in [5.74, 6) is 1.80. The van der Waals surface area contributed by atoms with Gasteiger partial charge in [0.15, 0.2) is 0 Å². The molecule has 1 N–H and O–H groups in total. The van der Waals surface area contributed by atoms with Gasteiger partial charge in [-0.2, -0.15) is 0 Å². The Kier molecular flexibility index (Phi) is 3.02. The third-order valence-electron chi connectivity index (χ3n) is 7.43. The molecule has 2 bridgehead atoms. The highest BCUT2D eigenvalue weighted by atomic mass is 15.0. The second kappa shape index (κ2) is 4.59. The fraction of sp³-hybridized carbons (Fsp3) is 0.700. The van der Waals surface area contributed by atoms with Crippen LogP contribution in [0.15, 0.2) is 30.3 Å². The summed E-state index contributed by atoms with van der Waals surface area (Å²) in [6, 6.07) is 12.4. The highest BCUT2D eigenvalue weighted by Crippen LogP contribution is 2.65. The van der Waals surface area contributed by atoms with Crippen molar-refractivity contribution in [1.82, 2.24) is 5.32 Å². The van der Waals surface area contributed by atoms with Gasteiger partial charge < -0.3 is 5.32 Å². The molecule has 4 unspecified atom stereocenters. The quantitative estimate of drug-likeness (QED) is 0.825. The summed E-state index contributed by atoms with van der Waals surface area (Å²) in [6.45, 7) is 7.58. The van der Waals surface area contributed by atoms with Gasteiger partial charge in [-0.3, -0.25) is 0 Å². The van der Waals surface area contributed by atoms with Crippen LogP contribution >= 0.6 is 0 Å². The average molecular weight is 283 g/mol. The summed E-state index contributed by atoms with van der Waals surface area (Å²) in [4.78, 5) is 0. The van der Waals surface area contributed by atoms with E-state index in [-0.39, 0.29) is 0 Å². The molecule has 21 heavy (non-hydrogen) atoms. The van der Waals surface area contributed by atoms with Gasteiger partial charge in [-0.25, -0.2) is 0 Å². The zero-order chi connectivity index (χ0) is 14.7. The van der Waals surface area contributed by atoms with Gasteiger partial charge in [-0.1, -0.05) is 51.1 Å². The van der Waals surface area contributed by atoms with Crippen molar-refractivity contribution in [2.45, 2.75) is 65.0 Å². The highest BCUT2D eigenvalue weighted by molar-refractivity contribution is 5.23. The van der Waals surface area contributed by atoms with Crippen LogP contribution in [0.2, 0.25) is 0 Å². The van der Waals surface area contributed by atoms with Crippen LogP contribution in [0.3, 0.4) is 0 Å². The summed E-state index contributed by atoms with van der Waals surface area (Å²) >= 11 is 0. The first kappa shape index (κ1) is 13.8. The standard InChI is InChI=1S/C20H29N/c1-19(2)16-11-12-20(19,3)17(13-16)21-18(15-9-10-15)14-7-5-4-6-8-14/h4-8,15-18,21H,9-13H2,1-3H3. The Morgan fingerprint density at radius 2 is 1.76 bits per heavy atom. The van der Waals surface area contributed by atoms with Crippen molar-refractivity contribution in [2.24, 2.45) is 22.7 Å². The number of hydrogen-bond donors (Lipinski definition) is 1. The van der Waals surface area contributed by atoms with E-state index in [4.69, 9.17) is 0 Å². The van der Waals surface area contributed by atoms with Gasteiger partial charge in [-0.05, 0) is 60.3 Å². The second-order valence-electron chi connectivity index (χ2n) is 8.56. The molecule has 0 radical (unpaired) electrons. The van der Waals surface area contributed by atoms with E-state index in [0.29, 0.717) is 22.9 Å². The first-order valence-electron chi connectivity index (χ1n) is 8.83. The van der Waals surface area contributed by atoms with Crippen LogP contribution in [-0.2, 0) is 0 Å². The first-order chi connectivity index (χ1) is 10.0. The van der Waals surface area contributed by atoms with Gasteiger partial charge >= 0.3 is 0 Å². The van der Waals surface area contributed by atoms with Crippen LogP contribution in [0.4, 0.5) is 0 Å². The molecular weight excluding hydrogens is 254 g/mol. The van der Waals surface area contributed by atoms with Crippen molar-refractivity contribution in [3.05, 3.63) is 35.9 Å². The van der Waals surface area contributed by atoms with Gasteiger partial charge in [0.25, 0.3) is 0 Å². The molecule has 3 saturated carbocycles. The average Bonchev–Trinajstić information content (AvgIpc) is 3.26. The maximum Gasteiger partial charge on any atom is 0.0351 e. The van der Waals surface area contributed by atoms with Crippen molar-refractivity contribution in [2.75, 3.05) is 0 Å². The Balaban J connectivity index is 1.58. The number of benzene rings is 1. The van der Waals surface area contributed by atoms with E-state index in [1.807, 2.05) is 0 Å². The summed E-state index contributed by atoms with van der Waals surface area (Å²) in [5, 5.41) is 4.12.